The zero-order chi connectivity index (χ0) is 23.9. The Kier molecular flexibility index (Phi) is 5.47. The molecule has 2 heterocycles. The number of amides is 1. The Balaban J connectivity index is 1.32. The number of piperazine rings is 1. The van der Waals surface area contributed by atoms with Crippen molar-refractivity contribution in [2.24, 2.45) is 0 Å². The van der Waals surface area contributed by atoms with Crippen molar-refractivity contribution in [2.45, 2.75) is 6.18 Å². The SMILES string of the molecule is O=C(c1ccc2noc(-c3ccc(F)cc3)c2c1)N1CCN(c2cccc(C(F)(F)F)c2)CC1. The monoisotopic (exact) mass is 469 g/mol. The summed E-state index contributed by atoms with van der Waals surface area (Å²) in [6, 6.07) is 16.1. The summed E-state index contributed by atoms with van der Waals surface area (Å²) in [5, 5.41) is 4.66. The average Bonchev–Trinajstić information content (AvgIpc) is 3.27. The van der Waals surface area contributed by atoms with E-state index in [9.17, 15) is 22.4 Å². The summed E-state index contributed by atoms with van der Waals surface area (Å²) in [4.78, 5) is 16.7. The van der Waals surface area contributed by atoms with Crippen LogP contribution < -0.4 is 4.90 Å². The number of nitrogens with zero attached hydrogens (tertiary/aromatic N) is 3. The van der Waals surface area contributed by atoms with Crippen LogP contribution in [-0.4, -0.2) is 42.1 Å². The fraction of sp³-hybridized carbons (Fsp3) is 0.200. The molecule has 0 unspecified atom stereocenters. The van der Waals surface area contributed by atoms with E-state index in [1.165, 1.54) is 18.2 Å². The highest BCUT2D eigenvalue weighted by Crippen LogP contribution is 2.32. The van der Waals surface area contributed by atoms with Gasteiger partial charge in [0.2, 0.25) is 0 Å². The molecule has 1 aromatic heterocycles. The molecule has 9 heteroatoms. The van der Waals surface area contributed by atoms with Crippen LogP contribution in [0.2, 0.25) is 0 Å². The number of hydrogen-bond acceptors (Lipinski definition) is 4. The largest absolute Gasteiger partial charge is 0.416 e. The second-order valence-corrected chi connectivity index (χ2v) is 8.08. The first-order chi connectivity index (χ1) is 16.3. The second-order valence-electron chi connectivity index (χ2n) is 8.08. The number of fused-ring (bicyclic) bond motifs is 1. The highest BCUT2D eigenvalue weighted by molar-refractivity contribution is 6.01. The molecule has 1 aliphatic rings. The maximum atomic E-state index is 13.3. The van der Waals surface area contributed by atoms with Gasteiger partial charge >= 0.3 is 6.18 Å². The van der Waals surface area contributed by atoms with Gasteiger partial charge in [-0.3, -0.25) is 4.79 Å². The molecule has 5 rings (SSSR count). The number of hydrogen-bond donors (Lipinski definition) is 0. The third kappa shape index (κ3) is 4.21. The Morgan fingerprint density at radius 3 is 2.35 bits per heavy atom. The Morgan fingerprint density at radius 2 is 1.65 bits per heavy atom. The van der Waals surface area contributed by atoms with E-state index >= 15 is 0 Å². The van der Waals surface area contributed by atoms with Crippen LogP contribution in [0, 0.1) is 5.82 Å². The number of benzene rings is 3. The van der Waals surface area contributed by atoms with E-state index in [1.54, 1.807) is 41.3 Å². The van der Waals surface area contributed by atoms with Crippen LogP contribution >= 0.6 is 0 Å². The lowest BCUT2D eigenvalue weighted by Gasteiger charge is -2.36. The first-order valence-corrected chi connectivity index (χ1v) is 10.7. The molecule has 1 aliphatic heterocycles. The molecule has 1 amide bonds. The summed E-state index contributed by atoms with van der Waals surface area (Å²) in [5.41, 5.74) is 1.46. The van der Waals surface area contributed by atoms with Gasteiger partial charge < -0.3 is 14.3 Å². The Bertz CT molecular complexity index is 1340. The zero-order valence-electron chi connectivity index (χ0n) is 17.8. The molecule has 0 radical (unpaired) electrons. The topological polar surface area (TPSA) is 49.6 Å². The smallest absolute Gasteiger partial charge is 0.368 e. The molecule has 0 N–H and O–H groups in total. The molecular formula is C25H19F4N3O2. The third-order valence-electron chi connectivity index (χ3n) is 5.94. The average molecular weight is 469 g/mol. The molecular weight excluding hydrogens is 450 g/mol. The lowest BCUT2D eigenvalue weighted by Crippen LogP contribution is -2.48. The summed E-state index contributed by atoms with van der Waals surface area (Å²) in [5.74, 6) is -0.108. The van der Waals surface area contributed by atoms with Crippen LogP contribution in [-0.2, 0) is 6.18 Å². The standard InChI is InChI=1S/C25H19F4N3O2/c26-19-7-4-16(5-8-19)23-21-14-17(6-9-22(21)30-34-23)24(33)32-12-10-31(11-13-32)20-3-1-2-18(15-20)25(27,28)29/h1-9,14-15H,10-13H2. The lowest BCUT2D eigenvalue weighted by atomic mass is 10.1. The van der Waals surface area contributed by atoms with Gasteiger partial charge in [0.25, 0.3) is 5.91 Å². The zero-order valence-corrected chi connectivity index (χ0v) is 17.8. The van der Waals surface area contributed by atoms with Crippen LogP contribution in [0.15, 0.2) is 71.3 Å². The van der Waals surface area contributed by atoms with Crippen LogP contribution in [0.1, 0.15) is 15.9 Å². The first-order valence-electron chi connectivity index (χ1n) is 10.7. The normalized spacial score (nSPS) is 14.6. The van der Waals surface area contributed by atoms with E-state index < -0.39 is 11.7 Å². The van der Waals surface area contributed by atoms with Crippen molar-refractivity contribution >= 4 is 22.5 Å². The van der Waals surface area contributed by atoms with E-state index in [0.29, 0.717) is 59.7 Å². The van der Waals surface area contributed by atoms with Gasteiger partial charge in [0.15, 0.2) is 5.76 Å². The van der Waals surface area contributed by atoms with Crippen molar-refractivity contribution in [3.63, 3.8) is 0 Å². The van der Waals surface area contributed by atoms with Gasteiger partial charge in [0.05, 0.1) is 10.9 Å². The van der Waals surface area contributed by atoms with E-state index in [4.69, 9.17) is 4.52 Å². The second kappa shape index (κ2) is 8.48. The van der Waals surface area contributed by atoms with Gasteiger partial charge in [0, 0.05) is 43.0 Å². The predicted octanol–water partition coefficient (Wildman–Crippen LogP) is 5.62. The van der Waals surface area contributed by atoms with Crippen molar-refractivity contribution in [3.8, 4) is 11.3 Å². The number of anilines is 1. The molecule has 1 fully saturated rings. The van der Waals surface area contributed by atoms with Gasteiger partial charge in [-0.15, -0.1) is 0 Å². The van der Waals surface area contributed by atoms with Crippen molar-refractivity contribution < 1.29 is 26.9 Å². The number of carbonyl (C=O) groups is 1. The van der Waals surface area contributed by atoms with Gasteiger partial charge in [0.1, 0.15) is 11.3 Å². The molecule has 0 bridgehead atoms. The molecule has 4 aromatic rings. The molecule has 5 nitrogen and oxygen atoms in total. The molecule has 34 heavy (non-hydrogen) atoms. The van der Waals surface area contributed by atoms with E-state index in [2.05, 4.69) is 5.16 Å². The number of alkyl halides is 3. The van der Waals surface area contributed by atoms with Crippen LogP contribution in [0.3, 0.4) is 0 Å². The first kappa shape index (κ1) is 21.9. The summed E-state index contributed by atoms with van der Waals surface area (Å²) in [7, 11) is 0. The Hall–Kier alpha value is -3.88. The van der Waals surface area contributed by atoms with Crippen molar-refractivity contribution in [2.75, 3.05) is 31.1 Å². The van der Waals surface area contributed by atoms with Crippen molar-refractivity contribution in [1.29, 1.82) is 0 Å². The maximum Gasteiger partial charge on any atom is 0.416 e. The van der Waals surface area contributed by atoms with Gasteiger partial charge in [-0.25, -0.2) is 4.39 Å². The van der Waals surface area contributed by atoms with E-state index in [0.717, 1.165) is 12.1 Å². The van der Waals surface area contributed by atoms with E-state index in [-0.39, 0.29) is 11.7 Å². The van der Waals surface area contributed by atoms with Gasteiger partial charge in [-0.05, 0) is 60.7 Å². The highest BCUT2D eigenvalue weighted by atomic mass is 19.4. The van der Waals surface area contributed by atoms with Gasteiger partial charge in [-0.2, -0.15) is 13.2 Å². The minimum atomic E-state index is -4.40. The van der Waals surface area contributed by atoms with Crippen molar-refractivity contribution in [1.82, 2.24) is 10.1 Å². The molecule has 3 aromatic carbocycles. The quantitative estimate of drug-likeness (QED) is 0.366. The minimum Gasteiger partial charge on any atom is -0.368 e. The lowest BCUT2D eigenvalue weighted by molar-refractivity contribution is -0.137. The molecule has 174 valence electrons. The molecule has 0 aliphatic carbocycles. The molecule has 1 saturated heterocycles. The summed E-state index contributed by atoms with van der Waals surface area (Å²) < 4.78 is 57.8. The van der Waals surface area contributed by atoms with Crippen LogP contribution in [0.4, 0.5) is 23.2 Å². The van der Waals surface area contributed by atoms with Crippen LogP contribution in [0.25, 0.3) is 22.2 Å². The maximum absolute atomic E-state index is 13.3. The van der Waals surface area contributed by atoms with Crippen LogP contribution in [0.5, 0.6) is 0 Å². The summed E-state index contributed by atoms with van der Waals surface area (Å²) in [6.45, 7) is 1.59. The fourth-order valence-corrected chi connectivity index (χ4v) is 4.11. The fourth-order valence-electron chi connectivity index (χ4n) is 4.11. The molecule has 0 saturated carbocycles. The number of carbonyl (C=O) groups excluding carboxylic acids is 1. The number of rotatable bonds is 3. The minimum absolute atomic E-state index is 0.183. The number of halogens is 4. The molecule has 0 atom stereocenters. The Morgan fingerprint density at radius 1 is 0.912 bits per heavy atom. The highest BCUT2D eigenvalue weighted by Gasteiger charge is 2.31. The number of aromatic nitrogens is 1. The van der Waals surface area contributed by atoms with Crippen molar-refractivity contribution in [3.05, 3.63) is 83.7 Å². The molecule has 0 spiro atoms. The Labute approximate surface area is 192 Å². The van der Waals surface area contributed by atoms with E-state index in [1.807, 2.05) is 4.90 Å². The predicted molar refractivity (Wildman–Crippen MR) is 119 cm³/mol. The summed E-state index contributed by atoms with van der Waals surface area (Å²) in [6.07, 6.45) is -4.40. The summed E-state index contributed by atoms with van der Waals surface area (Å²) >= 11 is 0. The third-order valence-corrected chi connectivity index (χ3v) is 5.94. The van der Waals surface area contributed by atoms with Gasteiger partial charge in [-0.1, -0.05) is 11.2 Å².